The summed E-state index contributed by atoms with van der Waals surface area (Å²) in [5.74, 6) is 0. The van der Waals surface area contributed by atoms with E-state index in [-0.39, 0.29) is 0 Å². The smallest absolute Gasteiger partial charge is 0.284 e. The first kappa shape index (κ1) is 10.3. The summed E-state index contributed by atoms with van der Waals surface area (Å²) < 4.78 is 39.1. The minimum atomic E-state index is -4.54. The van der Waals surface area contributed by atoms with Gasteiger partial charge in [-0.1, -0.05) is 30.7 Å². The van der Waals surface area contributed by atoms with E-state index in [1.165, 1.54) is 6.08 Å². The lowest BCUT2D eigenvalue weighted by molar-refractivity contribution is -0.336. The zero-order valence-electron chi connectivity index (χ0n) is 7.27. The highest BCUT2D eigenvalue weighted by atomic mass is 19.4. The maximum atomic E-state index is 11.7. The Morgan fingerprint density at radius 3 is 2.62 bits per heavy atom. The fourth-order valence-corrected chi connectivity index (χ4v) is 1.17. The molecule has 0 aliphatic heterocycles. The lowest BCUT2D eigenvalue weighted by Gasteiger charge is -2.17. The van der Waals surface area contributed by atoms with E-state index in [1.54, 1.807) is 12.2 Å². The molecule has 1 unspecified atom stereocenters. The van der Waals surface area contributed by atoms with Crippen molar-refractivity contribution < 1.29 is 17.9 Å². The SMILES string of the molecule is CCC1=CCC(OC(F)(F)F)C=C1. The fourth-order valence-electron chi connectivity index (χ4n) is 1.17. The molecule has 4 heteroatoms. The molecule has 1 nitrogen and oxygen atoms in total. The molecule has 0 saturated heterocycles. The molecule has 0 aromatic rings. The van der Waals surface area contributed by atoms with E-state index in [0.717, 1.165) is 12.0 Å². The maximum Gasteiger partial charge on any atom is 0.523 e. The summed E-state index contributed by atoms with van der Waals surface area (Å²) >= 11 is 0. The van der Waals surface area contributed by atoms with E-state index < -0.39 is 12.5 Å². The molecule has 0 saturated carbocycles. The van der Waals surface area contributed by atoms with Gasteiger partial charge < -0.3 is 0 Å². The molecule has 13 heavy (non-hydrogen) atoms. The normalized spacial score (nSPS) is 23.1. The Hall–Kier alpha value is -0.770. The van der Waals surface area contributed by atoms with Crippen LogP contribution >= 0.6 is 0 Å². The summed E-state index contributed by atoms with van der Waals surface area (Å²) in [6, 6.07) is 0. The van der Waals surface area contributed by atoms with Gasteiger partial charge in [0.25, 0.3) is 0 Å². The minimum absolute atomic E-state index is 0.305. The Morgan fingerprint density at radius 2 is 2.23 bits per heavy atom. The quantitative estimate of drug-likeness (QED) is 0.652. The third-order valence-corrected chi connectivity index (χ3v) is 1.83. The van der Waals surface area contributed by atoms with Crippen molar-refractivity contribution in [2.24, 2.45) is 0 Å². The number of rotatable bonds is 2. The zero-order chi connectivity index (χ0) is 9.90. The molecule has 0 heterocycles. The van der Waals surface area contributed by atoms with Gasteiger partial charge in [-0.05, 0) is 12.8 Å². The molecule has 74 valence electrons. The van der Waals surface area contributed by atoms with Crippen molar-refractivity contribution >= 4 is 0 Å². The molecule has 0 spiro atoms. The van der Waals surface area contributed by atoms with Crippen LogP contribution in [0.4, 0.5) is 13.2 Å². The number of ether oxygens (including phenoxy) is 1. The molecule has 0 aromatic carbocycles. The number of hydrogen-bond donors (Lipinski definition) is 0. The van der Waals surface area contributed by atoms with Gasteiger partial charge >= 0.3 is 6.36 Å². The molecule has 1 rings (SSSR count). The van der Waals surface area contributed by atoms with Crippen molar-refractivity contribution in [2.45, 2.75) is 32.2 Å². The van der Waals surface area contributed by atoms with Crippen LogP contribution in [0.1, 0.15) is 19.8 Å². The summed E-state index contributed by atoms with van der Waals surface area (Å²) in [7, 11) is 0. The van der Waals surface area contributed by atoms with Crippen molar-refractivity contribution in [3.8, 4) is 0 Å². The predicted molar refractivity (Wildman–Crippen MR) is 43.1 cm³/mol. The summed E-state index contributed by atoms with van der Waals surface area (Å²) in [5.41, 5.74) is 1.06. The van der Waals surface area contributed by atoms with Gasteiger partial charge in [0.05, 0.1) is 6.10 Å². The summed E-state index contributed by atoms with van der Waals surface area (Å²) in [5, 5.41) is 0. The summed E-state index contributed by atoms with van der Waals surface area (Å²) in [6.45, 7) is 1.96. The standard InChI is InChI=1S/C9H11F3O/c1-2-7-3-5-8(6-4-7)13-9(10,11)12/h3-5,8H,2,6H2,1H3. The highest BCUT2D eigenvalue weighted by Gasteiger charge is 2.32. The minimum Gasteiger partial charge on any atom is -0.284 e. The Bertz CT molecular complexity index is 228. The van der Waals surface area contributed by atoms with Gasteiger partial charge in [-0.25, -0.2) is 0 Å². The first-order chi connectivity index (χ1) is 6.01. The molecule has 0 fully saturated rings. The lowest BCUT2D eigenvalue weighted by Crippen LogP contribution is -2.22. The van der Waals surface area contributed by atoms with Crippen molar-refractivity contribution in [1.29, 1.82) is 0 Å². The average molecular weight is 192 g/mol. The van der Waals surface area contributed by atoms with E-state index in [2.05, 4.69) is 4.74 Å². The number of allylic oxidation sites excluding steroid dienone is 2. The van der Waals surface area contributed by atoms with Gasteiger partial charge in [-0.3, -0.25) is 4.74 Å². The monoisotopic (exact) mass is 192 g/mol. The predicted octanol–water partition coefficient (Wildman–Crippen LogP) is 3.19. The van der Waals surface area contributed by atoms with E-state index in [0.29, 0.717) is 6.42 Å². The third-order valence-electron chi connectivity index (χ3n) is 1.83. The van der Waals surface area contributed by atoms with Crippen molar-refractivity contribution in [3.63, 3.8) is 0 Å². The van der Waals surface area contributed by atoms with E-state index in [9.17, 15) is 13.2 Å². The first-order valence-electron chi connectivity index (χ1n) is 4.13. The fraction of sp³-hybridized carbons (Fsp3) is 0.556. The maximum absolute atomic E-state index is 11.7. The molecule has 1 aliphatic rings. The molecular formula is C9H11F3O. The largest absolute Gasteiger partial charge is 0.523 e. The van der Waals surface area contributed by atoms with Crippen molar-refractivity contribution in [1.82, 2.24) is 0 Å². The van der Waals surface area contributed by atoms with Gasteiger partial charge in [0, 0.05) is 0 Å². The molecule has 0 bridgehead atoms. The van der Waals surface area contributed by atoms with Gasteiger partial charge in [-0.2, -0.15) is 0 Å². The lowest BCUT2D eigenvalue weighted by atomic mass is 10.0. The molecule has 0 radical (unpaired) electrons. The average Bonchev–Trinajstić information content (AvgIpc) is 2.03. The first-order valence-corrected chi connectivity index (χ1v) is 4.13. The van der Waals surface area contributed by atoms with Gasteiger partial charge in [0.15, 0.2) is 0 Å². The summed E-state index contributed by atoms with van der Waals surface area (Å²) in [4.78, 5) is 0. The number of halogens is 3. The molecule has 0 N–H and O–H groups in total. The van der Waals surface area contributed by atoms with Crippen LogP contribution in [0.5, 0.6) is 0 Å². The molecule has 0 amide bonds. The van der Waals surface area contributed by atoms with E-state index >= 15 is 0 Å². The van der Waals surface area contributed by atoms with Gasteiger partial charge in [0.1, 0.15) is 0 Å². The highest BCUT2D eigenvalue weighted by molar-refractivity contribution is 5.23. The van der Waals surface area contributed by atoms with Crippen molar-refractivity contribution in [3.05, 3.63) is 23.8 Å². The summed E-state index contributed by atoms with van der Waals surface area (Å²) in [6.07, 6.45) is 0.666. The van der Waals surface area contributed by atoms with Crippen molar-refractivity contribution in [2.75, 3.05) is 0 Å². The van der Waals surface area contributed by atoms with Crippen LogP contribution in [0.3, 0.4) is 0 Å². The Kier molecular flexibility index (Phi) is 3.14. The van der Waals surface area contributed by atoms with Crippen LogP contribution in [0.15, 0.2) is 23.8 Å². The molecule has 0 aromatic heterocycles. The van der Waals surface area contributed by atoms with Crippen LogP contribution in [0.25, 0.3) is 0 Å². The van der Waals surface area contributed by atoms with Crippen LogP contribution in [-0.4, -0.2) is 12.5 Å². The van der Waals surface area contributed by atoms with E-state index in [4.69, 9.17) is 0 Å². The highest BCUT2D eigenvalue weighted by Crippen LogP contribution is 2.24. The molecule has 1 aliphatic carbocycles. The second kappa shape index (κ2) is 3.96. The Morgan fingerprint density at radius 1 is 1.54 bits per heavy atom. The molecular weight excluding hydrogens is 181 g/mol. The van der Waals surface area contributed by atoms with Crippen LogP contribution in [0.2, 0.25) is 0 Å². The molecule has 1 atom stereocenters. The van der Waals surface area contributed by atoms with Gasteiger partial charge in [-0.15, -0.1) is 13.2 Å². The Labute approximate surface area is 74.9 Å². The number of hydrogen-bond acceptors (Lipinski definition) is 1. The second-order valence-electron chi connectivity index (χ2n) is 2.83. The van der Waals surface area contributed by atoms with Crippen LogP contribution in [-0.2, 0) is 4.74 Å². The van der Waals surface area contributed by atoms with Crippen LogP contribution in [0, 0.1) is 0 Å². The number of alkyl halides is 3. The topological polar surface area (TPSA) is 9.23 Å². The second-order valence-corrected chi connectivity index (χ2v) is 2.83. The van der Waals surface area contributed by atoms with Crippen LogP contribution < -0.4 is 0 Å². The van der Waals surface area contributed by atoms with Gasteiger partial charge in [0.2, 0.25) is 0 Å². The Balaban J connectivity index is 2.44. The third kappa shape index (κ3) is 3.63. The zero-order valence-corrected chi connectivity index (χ0v) is 7.27. The van der Waals surface area contributed by atoms with E-state index in [1.807, 2.05) is 6.92 Å².